The second kappa shape index (κ2) is 7.60. The highest BCUT2D eigenvalue weighted by atomic mass is 16.5. The third kappa shape index (κ3) is 3.34. The molecule has 1 aliphatic heterocycles. The summed E-state index contributed by atoms with van der Waals surface area (Å²) in [4.78, 5) is 18.8. The number of methoxy groups -OCH3 is 1. The number of ether oxygens (including phenoxy) is 2. The van der Waals surface area contributed by atoms with Crippen molar-refractivity contribution in [2.45, 2.75) is 19.9 Å². The molecule has 1 aliphatic rings. The highest BCUT2D eigenvalue weighted by Gasteiger charge is 2.21. The van der Waals surface area contributed by atoms with Crippen LogP contribution in [0.3, 0.4) is 0 Å². The van der Waals surface area contributed by atoms with Crippen LogP contribution in [0, 0.1) is 6.92 Å². The van der Waals surface area contributed by atoms with Gasteiger partial charge in [-0.15, -0.1) is 0 Å². The van der Waals surface area contributed by atoms with Crippen LogP contribution in [0.4, 0.5) is 5.69 Å². The average Bonchev–Trinajstić information content (AvgIpc) is 2.73. The Morgan fingerprint density at radius 2 is 2.07 bits per heavy atom. The molecular weight excluding hydrogens is 352 g/mol. The summed E-state index contributed by atoms with van der Waals surface area (Å²) in [5.41, 5.74) is 4.88. The number of rotatable bonds is 3. The maximum atomic E-state index is 11.9. The molecule has 5 nitrogen and oxygen atoms in total. The first-order chi connectivity index (χ1) is 13.6. The summed E-state index contributed by atoms with van der Waals surface area (Å²) < 4.78 is 10.4. The lowest BCUT2D eigenvalue weighted by atomic mass is 9.96. The van der Waals surface area contributed by atoms with Gasteiger partial charge >= 0.3 is 5.97 Å². The first kappa shape index (κ1) is 18.4. The standard InChI is InChI=1S/C23H24N2O3/c1-15-4-5-18(23(26)27-3)11-21(15)17-6-7-20-19(10-17)12-24-13-22(20)25-8-9-28-14-16(25)2/h4-7,10-13,16H,8-9,14H2,1-3H3/t16-/m0/s1. The van der Waals surface area contributed by atoms with Gasteiger partial charge in [0, 0.05) is 29.6 Å². The number of esters is 1. The van der Waals surface area contributed by atoms with Crippen LogP contribution in [0.5, 0.6) is 0 Å². The second-order valence-electron chi connectivity index (χ2n) is 7.23. The Labute approximate surface area is 164 Å². The van der Waals surface area contributed by atoms with E-state index in [-0.39, 0.29) is 5.97 Å². The quantitative estimate of drug-likeness (QED) is 0.641. The van der Waals surface area contributed by atoms with Crippen molar-refractivity contribution in [3.63, 3.8) is 0 Å². The zero-order chi connectivity index (χ0) is 19.7. The molecule has 4 rings (SSSR count). The van der Waals surface area contributed by atoms with E-state index in [1.165, 1.54) is 12.5 Å². The zero-order valence-electron chi connectivity index (χ0n) is 16.4. The summed E-state index contributed by atoms with van der Waals surface area (Å²) in [5.74, 6) is -0.327. The van der Waals surface area contributed by atoms with E-state index in [1.807, 2.05) is 31.5 Å². The van der Waals surface area contributed by atoms with Crippen LogP contribution >= 0.6 is 0 Å². The highest BCUT2D eigenvalue weighted by Crippen LogP contribution is 2.33. The summed E-state index contributed by atoms with van der Waals surface area (Å²) in [6.45, 7) is 6.55. The van der Waals surface area contributed by atoms with Gasteiger partial charge in [0.2, 0.25) is 0 Å². The van der Waals surface area contributed by atoms with Crippen molar-refractivity contribution in [3.05, 3.63) is 59.9 Å². The number of anilines is 1. The summed E-state index contributed by atoms with van der Waals surface area (Å²) >= 11 is 0. The summed E-state index contributed by atoms with van der Waals surface area (Å²) in [5, 5.41) is 2.26. The summed E-state index contributed by atoms with van der Waals surface area (Å²) in [7, 11) is 1.40. The number of aryl methyl sites for hydroxylation is 1. The molecule has 1 saturated heterocycles. The highest BCUT2D eigenvalue weighted by molar-refractivity contribution is 5.97. The molecule has 2 heterocycles. The summed E-state index contributed by atoms with van der Waals surface area (Å²) in [6, 6.07) is 12.4. The van der Waals surface area contributed by atoms with Gasteiger partial charge < -0.3 is 14.4 Å². The predicted molar refractivity (Wildman–Crippen MR) is 111 cm³/mol. The number of benzene rings is 2. The number of carbonyl (C=O) groups excluding carboxylic acids is 1. The number of aromatic nitrogens is 1. The lowest BCUT2D eigenvalue weighted by Gasteiger charge is -2.35. The molecule has 3 aromatic rings. The van der Waals surface area contributed by atoms with Crippen LogP contribution in [0.1, 0.15) is 22.8 Å². The Bertz CT molecular complexity index is 1030. The largest absolute Gasteiger partial charge is 0.465 e. The maximum Gasteiger partial charge on any atom is 0.337 e. The molecule has 1 fully saturated rings. The van der Waals surface area contributed by atoms with Crippen molar-refractivity contribution in [1.29, 1.82) is 0 Å². The molecule has 1 aromatic heterocycles. The molecule has 0 radical (unpaired) electrons. The average molecular weight is 376 g/mol. The SMILES string of the molecule is COC(=O)c1ccc(C)c(-c2ccc3c(N4CCOC[C@@H]4C)cncc3c2)c1. The van der Waals surface area contributed by atoms with E-state index < -0.39 is 0 Å². The maximum absolute atomic E-state index is 11.9. The van der Waals surface area contributed by atoms with Crippen molar-refractivity contribution in [1.82, 2.24) is 4.98 Å². The number of carbonyl (C=O) groups is 1. The molecule has 0 unspecified atom stereocenters. The van der Waals surface area contributed by atoms with E-state index in [9.17, 15) is 4.79 Å². The Morgan fingerprint density at radius 3 is 2.86 bits per heavy atom. The van der Waals surface area contributed by atoms with E-state index in [0.717, 1.165) is 47.5 Å². The molecule has 0 N–H and O–H groups in total. The van der Waals surface area contributed by atoms with E-state index in [4.69, 9.17) is 9.47 Å². The van der Waals surface area contributed by atoms with Gasteiger partial charge in [-0.25, -0.2) is 4.79 Å². The normalized spacial score (nSPS) is 17.0. The molecule has 0 spiro atoms. The molecule has 1 atom stereocenters. The lowest BCUT2D eigenvalue weighted by Crippen LogP contribution is -2.43. The number of nitrogens with zero attached hydrogens (tertiary/aromatic N) is 2. The fourth-order valence-electron chi connectivity index (χ4n) is 3.82. The Kier molecular flexibility index (Phi) is 5.01. The van der Waals surface area contributed by atoms with Crippen LogP contribution in [0.15, 0.2) is 48.8 Å². The van der Waals surface area contributed by atoms with E-state index in [2.05, 4.69) is 35.0 Å². The van der Waals surface area contributed by atoms with E-state index >= 15 is 0 Å². The topological polar surface area (TPSA) is 51.7 Å². The molecule has 144 valence electrons. The smallest absolute Gasteiger partial charge is 0.337 e. The van der Waals surface area contributed by atoms with Crippen LogP contribution in [-0.4, -0.2) is 43.9 Å². The molecule has 0 amide bonds. The minimum Gasteiger partial charge on any atom is -0.465 e. The minimum atomic E-state index is -0.327. The number of fused-ring (bicyclic) bond motifs is 1. The summed E-state index contributed by atoms with van der Waals surface area (Å²) in [6.07, 6.45) is 3.83. The van der Waals surface area contributed by atoms with Gasteiger partial charge in [-0.2, -0.15) is 0 Å². The van der Waals surface area contributed by atoms with Gasteiger partial charge in [0.05, 0.1) is 37.8 Å². The molecule has 28 heavy (non-hydrogen) atoms. The molecule has 5 heteroatoms. The van der Waals surface area contributed by atoms with Crippen LogP contribution < -0.4 is 4.90 Å². The monoisotopic (exact) mass is 376 g/mol. The number of hydrogen-bond donors (Lipinski definition) is 0. The van der Waals surface area contributed by atoms with Crippen LogP contribution in [0.2, 0.25) is 0 Å². The molecule has 0 aliphatic carbocycles. The number of morpholine rings is 1. The first-order valence-corrected chi connectivity index (χ1v) is 9.50. The molecule has 0 saturated carbocycles. The van der Waals surface area contributed by atoms with Gasteiger partial charge in [-0.3, -0.25) is 4.98 Å². The van der Waals surface area contributed by atoms with Crippen molar-refractivity contribution < 1.29 is 14.3 Å². The third-order valence-corrected chi connectivity index (χ3v) is 5.38. The van der Waals surface area contributed by atoms with Gasteiger partial charge in [0.15, 0.2) is 0 Å². The van der Waals surface area contributed by atoms with Crippen molar-refractivity contribution in [3.8, 4) is 11.1 Å². The molecule has 0 bridgehead atoms. The first-order valence-electron chi connectivity index (χ1n) is 9.50. The zero-order valence-corrected chi connectivity index (χ0v) is 16.4. The van der Waals surface area contributed by atoms with Gasteiger partial charge in [-0.05, 0) is 48.7 Å². The van der Waals surface area contributed by atoms with Gasteiger partial charge in [0.25, 0.3) is 0 Å². The predicted octanol–water partition coefficient (Wildman–Crippen LogP) is 4.22. The van der Waals surface area contributed by atoms with Gasteiger partial charge in [-0.1, -0.05) is 18.2 Å². The van der Waals surface area contributed by atoms with E-state index in [1.54, 1.807) is 6.07 Å². The van der Waals surface area contributed by atoms with Gasteiger partial charge in [0.1, 0.15) is 0 Å². The second-order valence-corrected chi connectivity index (χ2v) is 7.23. The third-order valence-electron chi connectivity index (χ3n) is 5.38. The fraction of sp³-hybridized carbons (Fsp3) is 0.304. The Balaban J connectivity index is 1.78. The van der Waals surface area contributed by atoms with Crippen molar-refractivity contribution in [2.24, 2.45) is 0 Å². The fourth-order valence-corrected chi connectivity index (χ4v) is 3.82. The molecule has 2 aromatic carbocycles. The number of hydrogen-bond acceptors (Lipinski definition) is 5. The molecular formula is C23H24N2O3. The Morgan fingerprint density at radius 1 is 1.21 bits per heavy atom. The van der Waals surface area contributed by atoms with Crippen molar-refractivity contribution in [2.75, 3.05) is 31.8 Å². The van der Waals surface area contributed by atoms with Crippen LogP contribution in [0.25, 0.3) is 21.9 Å². The number of pyridine rings is 1. The van der Waals surface area contributed by atoms with E-state index in [0.29, 0.717) is 11.6 Å². The van der Waals surface area contributed by atoms with Crippen molar-refractivity contribution >= 4 is 22.4 Å². The Hall–Kier alpha value is -2.92. The lowest BCUT2D eigenvalue weighted by molar-refractivity contribution is 0.0601. The van der Waals surface area contributed by atoms with Crippen LogP contribution in [-0.2, 0) is 9.47 Å². The minimum absolute atomic E-state index is 0.319.